The zero-order chi connectivity index (χ0) is 9.78. The predicted octanol–water partition coefficient (Wildman–Crippen LogP) is 2.04. The number of hydrogen-bond donors (Lipinski definition) is 2. The van der Waals surface area contributed by atoms with Gasteiger partial charge in [-0.05, 0) is 11.8 Å². The van der Waals surface area contributed by atoms with Crippen LogP contribution in [0.3, 0.4) is 0 Å². The summed E-state index contributed by atoms with van der Waals surface area (Å²) in [7, 11) is 0. The van der Waals surface area contributed by atoms with Gasteiger partial charge in [0.15, 0.2) is 0 Å². The van der Waals surface area contributed by atoms with Gasteiger partial charge in [-0.25, -0.2) is 4.79 Å². The molecule has 0 spiro atoms. The molecular formula is C8H16O4. The Kier molecular flexibility index (Phi) is 4.03. The highest BCUT2D eigenvalue weighted by atomic mass is 16.6. The number of carboxylic acid groups (broad SMARTS) is 2. The second-order valence-electron chi connectivity index (χ2n) is 3.45. The van der Waals surface area contributed by atoms with E-state index in [4.69, 9.17) is 19.7 Å². The Hall–Kier alpha value is -0.770. The van der Waals surface area contributed by atoms with Gasteiger partial charge in [-0.3, -0.25) is 0 Å². The summed E-state index contributed by atoms with van der Waals surface area (Å²) in [5.74, 6) is 0. The summed E-state index contributed by atoms with van der Waals surface area (Å²) in [6.45, 7) is 7.71. The summed E-state index contributed by atoms with van der Waals surface area (Å²) in [5, 5.41) is 13.9. The Morgan fingerprint density at radius 3 is 2.00 bits per heavy atom. The maximum absolute atomic E-state index is 8.56. The van der Waals surface area contributed by atoms with Crippen molar-refractivity contribution >= 4 is 6.16 Å². The molecule has 4 heteroatoms. The van der Waals surface area contributed by atoms with Crippen LogP contribution in [0.15, 0.2) is 0 Å². The lowest BCUT2D eigenvalue weighted by molar-refractivity contribution is 0.137. The molecule has 0 aliphatic carbocycles. The molecule has 0 bridgehead atoms. The van der Waals surface area contributed by atoms with E-state index in [-0.39, 0.29) is 0 Å². The van der Waals surface area contributed by atoms with Gasteiger partial charge < -0.3 is 14.9 Å². The van der Waals surface area contributed by atoms with Gasteiger partial charge in [0.25, 0.3) is 0 Å². The fourth-order valence-corrected chi connectivity index (χ4v) is 0.727. The maximum Gasteiger partial charge on any atom is 0.503 e. The first-order chi connectivity index (χ1) is 5.40. The molecule has 2 N–H and O–H groups in total. The Labute approximate surface area is 72.2 Å². The monoisotopic (exact) mass is 176 g/mol. The number of hydrogen-bond acceptors (Lipinski definition) is 2. The zero-order valence-corrected chi connectivity index (χ0v) is 7.70. The first kappa shape index (κ1) is 11.2. The van der Waals surface area contributed by atoms with Crippen molar-refractivity contribution in [1.82, 2.24) is 0 Å². The van der Waals surface area contributed by atoms with Crippen molar-refractivity contribution in [3.63, 3.8) is 0 Å². The van der Waals surface area contributed by atoms with E-state index in [0.29, 0.717) is 11.5 Å². The lowest BCUT2D eigenvalue weighted by atomic mass is 9.87. The largest absolute Gasteiger partial charge is 0.503 e. The van der Waals surface area contributed by atoms with Crippen LogP contribution in [0.25, 0.3) is 0 Å². The number of rotatable bonds is 2. The second kappa shape index (κ2) is 4.30. The van der Waals surface area contributed by atoms with Gasteiger partial charge in [0.2, 0.25) is 0 Å². The molecule has 0 aromatic carbocycles. The maximum atomic E-state index is 8.56. The molecule has 1 aliphatic heterocycles. The van der Waals surface area contributed by atoms with E-state index < -0.39 is 6.16 Å². The first-order valence-corrected chi connectivity index (χ1v) is 3.93. The molecular weight excluding hydrogens is 160 g/mol. The summed E-state index contributed by atoms with van der Waals surface area (Å²) in [5.41, 5.74) is 0.431. The minimum Gasteiger partial charge on any atom is -0.450 e. The Bertz CT molecular complexity index is 145. The molecule has 0 saturated carbocycles. The van der Waals surface area contributed by atoms with Crippen LogP contribution in [0, 0.1) is 5.41 Å². The van der Waals surface area contributed by atoms with Crippen LogP contribution >= 0.6 is 0 Å². The van der Waals surface area contributed by atoms with E-state index in [1.54, 1.807) is 0 Å². The Morgan fingerprint density at radius 2 is 1.92 bits per heavy atom. The quantitative estimate of drug-likeness (QED) is 0.631. The summed E-state index contributed by atoms with van der Waals surface area (Å²) < 4.78 is 5.16. The molecule has 0 aromatic heterocycles. The number of ether oxygens (including phenoxy) is 1. The van der Waals surface area contributed by atoms with Gasteiger partial charge in [0, 0.05) is 0 Å². The third-order valence-corrected chi connectivity index (χ3v) is 2.12. The highest BCUT2D eigenvalue weighted by Crippen LogP contribution is 2.34. The van der Waals surface area contributed by atoms with Crippen molar-refractivity contribution in [1.29, 1.82) is 0 Å². The van der Waals surface area contributed by atoms with Crippen LogP contribution in [0.5, 0.6) is 0 Å². The molecule has 72 valence electrons. The predicted molar refractivity (Wildman–Crippen MR) is 44.5 cm³/mol. The summed E-state index contributed by atoms with van der Waals surface area (Å²) in [6, 6.07) is 0. The van der Waals surface area contributed by atoms with Gasteiger partial charge in [-0.2, -0.15) is 0 Å². The third kappa shape index (κ3) is 4.96. The Morgan fingerprint density at radius 1 is 1.58 bits per heavy atom. The minimum absolute atomic E-state index is 0.431. The van der Waals surface area contributed by atoms with Crippen molar-refractivity contribution in [2.45, 2.75) is 33.3 Å². The van der Waals surface area contributed by atoms with E-state index in [1.165, 1.54) is 6.42 Å². The van der Waals surface area contributed by atoms with Gasteiger partial charge in [-0.1, -0.05) is 20.8 Å². The topological polar surface area (TPSA) is 70.1 Å². The van der Waals surface area contributed by atoms with Gasteiger partial charge in [-0.15, -0.1) is 0 Å². The van der Waals surface area contributed by atoms with Crippen molar-refractivity contribution in [2.75, 3.05) is 6.61 Å². The van der Waals surface area contributed by atoms with E-state index in [9.17, 15) is 0 Å². The second-order valence-corrected chi connectivity index (χ2v) is 3.45. The molecule has 1 unspecified atom stereocenters. The Balaban J connectivity index is 0.000000261. The van der Waals surface area contributed by atoms with Crippen molar-refractivity contribution < 1.29 is 19.7 Å². The molecule has 0 aromatic rings. The molecule has 12 heavy (non-hydrogen) atoms. The fraction of sp³-hybridized carbons (Fsp3) is 0.875. The van der Waals surface area contributed by atoms with Crippen LogP contribution < -0.4 is 0 Å². The van der Waals surface area contributed by atoms with Crippen LogP contribution in [-0.2, 0) is 4.74 Å². The van der Waals surface area contributed by atoms with E-state index in [2.05, 4.69) is 20.8 Å². The molecule has 1 aliphatic rings. The molecule has 1 fully saturated rings. The first-order valence-electron chi connectivity index (χ1n) is 3.93. The normalized spacial score (nSPS) is 20.8. The summed E-state index contributed by atoms with van der Waals surface area (Å²) >= 11 is 0. The molecule has 1 saturated heterocycles. The standard InChI is InChI=1S/C7H14O.CH2O3/c1-4-7(2,3)6-5-8-6;2-1(3)4/h6H,4-5H2,1-3H3;(H2,2,3,4). The van der Waals surface area contributed by atoms with Crippen molar-refractivity contribution in [2.24, 2.45) is 5.41 Å². The third-order valence-electron chi connectivity index (χ3n) is 2.12. The van der Waals surface area contributed by atoms with Gasteiger partial charge in [0.1, 0.15) is 0 Å². The summed E-state index contributed by atoms with van der Waals surface area (Å²) in [6.07, 6.45) is -0.0509. The SMILES string of the molecule is CCC(C)(C)C1CO1.O=C(O)O. The van der Waals surface area contributed by atoms with E-state index >= 15 is 0 Å². The molecule has 0 amide bonds. The number of epoxide rings is 1. The highest BCUT2D eigenvalue weighted by Gasteiger charge is 2.37. The number of carbonyl (C=O) groups is 1. The summed E-state index contributed by atoms with van der Waals surface area (Å²) in [4.78, 5) is 8.56. The average Bonchev–Trinajstić information content (AvgIpc) is 2.66. The van der Waals surface area contributed by atoms with Crippen molar-refractivity contribution in [3.8, 4) is 0 Å². The van der Waals surface area contributed by atoms with Gasteiger partial charge >= 0.3 is 6.16 Å². The molecule has 1 rings (SSSR count). The van der Waals surface area contributed by atoms with Crippen LogP contribution in [-0.4, -0.2) is 29.1 Å². The average molecular weight is 176 g/mol. The highest BCUT2D eigenvalue weighted by molar-refractivity contribution is 5.53. The zero-order valence-electron chi connectivity index (χ0n) is 7.70. The molecule has 1 atom stereocenters. The fourth-order valence-electron chi connectivity index (χ4n) is 0.727. The van der Waals surface area contributed by atoms with Crippen LogP contribution in [0.1, 0.15) is 27.2 Å². The molecule has 1 heterocycles. The van der Waals surface area contributed by atoms with Crippen molar-refractivity contribution in [3.05, 3.63) is 0 Å². The van der Waals surface area contributed by atoms with Crippen LogP contribution in [0.4, 0.5) is 4.79 Å². The molecule has 0 radical (unpaired) electrons. The smallest absolute Gasteiger partial charge is 0.450 e. The van der Waals surface area contributed by atoms with E-state index in [0.717, 1.165) is 6.61 Å². The molecule has 4 nitrogen and oxygen atoms in total. The minimum atomic E-state index is -1.83. The van der Waals surface area contributed by atoms with Gasteiger partial charge in [0.05, 0.1) is 12.7 Å². The van der Waals surface area contributed by atoms with E-state index in [1.807, 2.05) is 0 Å². The lowest BCUT2D eigenvalue weighted by Gasteiger charge is -2.18. The lowest BCUT2D eigenvalue weighted by Crippen LogP contribution is -2.17. The van der Waals surface area contributed by atoms with Crippen LogP contribution in [0.2, 0.25) is 0 Å².